The summed E-state index contributed by atoms with van der Waals surface area (Å²) >= 11 is 0. The van der Waals surface area contributed by atoms with Crippen molar-refractivity contribution >= 4 is 28.5 Å². The summed E-state index contributed by atoms with van der Waals surface area (Å²) in [7, 11) is 4.99. The van der Waals surface area contributed by atoms with E-state index in [-0.39, 0.29) is 5.91 Å². The standard InChI is InChI=1S/C35H35N3O4/c1-22-27-7-5-9-29(33(27)37-34-28(22)8-6-10-30(34)40-2)35(39)36-26-13-11-23(12-14-26)15-17-38-18-16-24-19-31(41-3)32(42-4)20-25(24)21-38/h5-14,19-20,37H,1,15-18,21H2,2-4H3,(H,36,39). The smallest absolute Gasteiger partial charge is 0.257 e. The van der Waals surface area contributed by atoms with E-state index in [0.717, 1.165) is 77.7 Å². The van der Waals surface area contributed by atoms with Gasteiger partial charge in [-0.25, -0.2) is 0 Å². The van der Waals surface area contributed by atoms with E-state index in [2.05, 4.69) is 46.4 Å². The molecule has 1 amide bonds. The number of rotatable bonds is 8. The largest absolute Gasteiger partial charge is 0.495 e. The zero-order chi connectivity index (χ0) is 29.2. The molecule has 7 nitrogen and oxygen atoms in total. The predicted octanol–water partition coefficient (Wildman–Crippen LogP) is 6.68. The van der Waals surface area contributed by atoms with Crippen LogP contribution in [0, 0.1) is 0 Å². The van der Waals surface area contributed by atoms with Crippen molar-refractivity contribution in [1.29, 1.82) is 0 Å². The summed E-state index contributed by atoms with van der Waals surface area (Å²) in [5.41, 5.74) is 9.41. The van der Waals surface area contributed by atoms with Crippen molar-refractivity contribution in [2.45, 2.75) is 19.4 Å². The first-order chi connectivity index (χ1) is 20.5. The molecule has 214 valence electrons. The Hall–Kier alpha value is -4.75. The summed E-state index contributed by atoms with van der Waals surface area (Å²) < 4.78 is 16.5. The van der Waals surface area contributed by atoms with Gasteiger partial charge in [0, 0.05) is 36.4 Å². The van der Waals surface area contributed by atoms with Crippen molar-refractivity contribution in [2.24, 2.45) is 0 Å². The van der Waals surface area contributed by atoms with Gasteiger partial charge in [0.2, 0.25) is 0 Å². The average molecular weight is 562 g/mol. The van der Waals surface area contributed by atoms with Gasteiger partial charge in [0.05, 0.1) is 38.3 Å². The minimum absolute atomic E-state index is 0.183. The molecule has 0 radical (unpaired) electrons. The molecule has 42 heavy (non-hydrogen) atoms. The Morgan fingerprint density at radius 2 is 1.52 bits per heavy atom. The molecule has 4 aromatic rings. The Labute approximate surface area is 246 Å². The number of para-hydroxylation sites is 2. The van der Waals surface area contributed by atoms with Gasteiger partial charge in [-0.15, -0.1) is 0 Å². The molecule has 0 bridgehead atoms. The molecule has 0 fully saturated rings. The minimum Gasteiger partial charge on any atom is -0.495 e. The van der Waals surface area contributed by atoms with Crippen LogP contribution in [0.2, 0.25) is 0 Å². The second-order valence-electron chi connectivity index (χ2n) is 10.6. The number of nitrogens with zero attached hydrogens (tertiary/aromatic N) is 1. The zero-order valence-electron chi connectivity index (χ0n) is 24.3. The predicted molar refractivity (Wildman–Crippen MR) is 167 cm³/mol. The number of fused-ring (bicyclic) bond motifs is 3. The van der Waals surface area contributed by atoms with Gasteiger partial charge in [0.1, 0.15) is 5.75 Å². The van der Waals surface area contributed by atoms with E-state index in [0.29, 0.717) is 11.3 Å². The van der Waals surface area contributed by atoms with Crippen molar-refractivity contribution in [3.05, 3.63) is 113 Å². The van der Waals surface area contributed by atoms with Crippen LogP contribution < -0.4 is 24.8 Å². The number of hydrogen-bond donors (Lipinski definition) is 2. The monoisotopic (exact) mass is 561 g/mol. The molecule has 2 aliphatic rings. The Morgan fingerprint density at radius 3 is 2.24 bits per heavy atom. The van der Waals surface area contributed by atoms with Crippen LogP contribution in [0.15, 0.2) is 79.4 Å². The maximum Gasteiger partial charge on any atom is 0.257 e. The molecule has 0 unspecified atom stereocenters. The number of nitrogens with one attached hydrogen (secondary N) is 2. The number of carbonyl (C=O) groups excluding carboxylic acids is 1. The van der Waals surface area contributed by atoms with Crippen LogP contribution in [0.3, 0.4) is 0 Å². The molecule has 6 rings (SSSR count). The van der Waals surface area contributed by atoms with Gasteiger partial charge in [-0.3, -0.25) is 9.69 Å². The Morgan fingerprint density at radius 1 is 0.857 bits per heavy atom. The normalized spacial score (nSPS) is 13.7. The minimum atomic E-state index is -0.183. The van der Waals surface area contributed by atoms with E-state index in [9.17, 15) is 4.79 Å². The fraction of sp³-hybridized carbons (Fsp3) is 0.229. The number of anilines is 3. The lowest BCUT2D eigenvalue weighted by Gasteiger charge is -2.29. The van der Waals surface area contributed by atoms with Gasteiger partial charge < -0.3 is 24.8 Å². The number of carbonyl (C=O) groups is 1. The molecule has 0 aliphatic carbocycles. The fourth-order valence-electron chi connectivity index (χ4n) is 5.85. The van der Waals surface area contributed by atoms with Crippen LogP contribution in [-0.4, -0.2) is 45.2 Å². The van der Waals surface area contributed by atoms with Gasteiger partial charge in [0.15, 0.2) is 11.5 Å². The summed E-state index contributed by atoms with van der Waals surface area (Å²) in [5, 5.41) is 6.50. The Balaban J connectivity index is 1.10. The molecule has 2 N–H and O–H groups in total. The molecule has 4 aromatic carbocycles. The first-order valence-corrected chi connectivity index (χ1v) is 14.1. The SMILES string of the molecule is C=C1c2cccc(OC)c2Nc2c1cccc2C(=O)Nc1ccc(CCN2CCc3cc(OC)c(OC)cc3C2)cc1. The Bertz CT molecular complexity index is 1660. The van der Waals surface area contributed by atoms with Gasteiger partial charge in [-0.2, -0.15) is 0 Å². The molecular weight excluding hydrogens is 526 g/mol. The molecule has 0 spiro atoms. The highest BCUT2D eigenvalue weighted by Gasteiger charge is 2.25. The highest BCUT2D eigenvalue weighted by atomic mass is 16.5. The number of hydrogen-bond acceptors (Lipinski definition) is 6. The zero-order valence-corrected chi connectivity index (χ0v) is 24.3. The summed E-state index contributed by atoms with van der Waals surface area (Å²) in [4.78, 5) is 15.9. The van der Waals surface area contributed by atoms with Crippen molar-refractivity contribution in [1.82, 2.24) is 4.90 Å². The maximum absolute atomic E-state index is 13.4. The van der Waals surface area contributed by atoms with E-state index >= 15 is 0 Å². The van der Waals surface area contributed by atoms with Crippen LogP contribution in [-0.2, 0) is 19.4 Å². The third-order valence-electron chi connectivity index (χ3n) is 8.18. The van der Waals surface area contributed by atoms with Crippen LogP contribution in [0.5, 0.6) is 17.2 Å². The third-order valence-corrected chi connectivity index (χ3v) is 8.18. The van der Waals surface area contributed by atoms with Gasteiger partial charge in [-0.05, 0) is 71.5 Å². The van der Waals surface area contributed by atoms with Crippen LogP contribution >= 0.6 is 0 Å². The first kappa shape index (κ1) is 27.4. The second-order valence-corrected chi connectivity index (χ2v) is 10.6. The van der Waals surface area contributed by atoms with Crippen LogP contribution in [0.4, 0.5) is 17.1 Å². The molecule has 0 saturated carbocycles. The number of methoxy groups -OCH3 is 3. The molecule has 0 saturated heterocycles. The van der Waals surface area contributed by atoms with Crippen molar-refractivity contribution in [2.75, 3.05) is 45.1 Å². The lowest BCUT2D eigenvalue weighted by molar-refractivity contribution is 0.102. The Kier molecular flexibility index (Phi) is 7.59. The number of ether oxygens (including phenoxy) is 3. The van der Waals surface area contributed by atoms with Gasteiger partial charge in [-0.1, -0.05) is 43.0 Å². The summed E-state index contributed by atoms with van der Waals surface area (Å²) in [5.74, 6) is 2.09. The molecule has 0 aromatic heterocycles. The van der Waals surface area contributed by atoms with Gasteiger partial charge in [0.25, 0.3) is 5.91 Å². The topological polar surface area (TPSA) is 72.1 Å². The lowest BCUT2D eigenvalue weighted by Crippen LogP contribution is -2.32. The van der Waals surface area contributed by atoms with Crippen LogP contribution in [0.25, 0.3) is 5.57 Å². The van der Waals surface area contributed by atoms with Crippen molar-refractivity contribution in [3.63, 3.8) is 0 Å². The lowest BCUT2D eigenvalue weighted by atomic mass is 9.90. The summed E-state index contributed by atoms with van der Waals surface area (Å²) in [6, 6.07) is 23.8. The molecule has 2 aliphatic heterocycles. The second kappa shape index (κ2) is 11.6. The number of benzene rings is 4. The third kappa shape index (κ3) is 5.19. The van der Waals surface area contributed by atoms with E-state index in [1.807, 2.05) is 48.5 Å². The van der Waals surface area contributed by atoms with Crippen LogP contribution in [0.1, 0.15) is 38.2 Å². The van der Waals surface area contributed by atoms with Crippen molar-refractivity contribution < 1.29 is 19.0 Å². The molecule has 2 heterocycles. The average Bonchev–Trinajstić information content (AvgIpc) is 3.03. The highest BCUT2D eigenvalue weighted by Crippen LogP contribution is 2.45. The molecule has 7 heteroatoms. The van der Waals surface area contributed by atoms with E-state index in [1.165, 1.54) is 16.7 Å². The highest BCUT2D eigenvalue weighted by molar-refractivity contribution is 6.12. The maximum atomic E-state index is 13.4. The van der Waals surface area contributed by atoms with E-state index < -0.39 is 0 Å². The number of amides is 1. The van der Waals surface area contributed by atoms with E-state index in [1.54, 1.807) is 21.3 Å². The molecular formula is C35H35N3O4. The van der Waals surface area contributed by atoms with Gasteiger partial charge >= 0.3 is 0 Å². The quantitative estimate of drug-likeness (QED) is 0.220. The van der Waals surface area contributed by atoms with Crippen molar-refractivity contribution in [3.8, 4) is 17.2 Å². The molecule has 0 atom stereocenters. The summed E-state index contributed by atoms with van der Waals surface area (Å²) in [6.07, 6.45) is 1.92. The van der Waals surface area contributed by atoms with E-state index in [4.69, 9.17) is 14.2 Å². The fourth-order valence-corrected chi connectivity index (χ4v) is 5.85. The first-order valence-electron chi connectivity index (χ1n) is 14.1. The summed E-state index contributed by atoms with van der Waals surface area (Å²) in [6.45, 7) is 7.16.